The second kappa shape index (κ2) is 6.46. The van der Waals surface area contributed by atoms with Gasteiger partial charge in [-0.15, -0.1) is 0 Å². The second-order valence-corrected chi connectivity index (χ2v) is 7.07. The first-order valence-electron chi connectivity index (χ1n) is 7.09. The highest BCUT2D eigenvalue weighted by molar-refractivity contribution is 6.43. The molecule has 0 bridgehead atoms. The molecule has 0 radical (unpaired) electrons. The van der Waals surface area contributed by atoms with Crippen molar-refractivity contribution < 1.29 is 4.79 Å². The minimum absolute atomic E-state index is 0.0716. The number of rotatable bonds is 4. The Hall–Kier alpha value is -0.570. The highest BCUT2D eigenvalue weighted by Crippen LogP contribution is 2.30. The molecule has 0 amide bonds. The Morgan fingerprint density at radius 1 is 1.25 bits per heavy atom. The van der Waals surface area contributed by atoms with E-state index < -0.39 is 0 Å². The summed E-state index contributed by atoms with van der Waals surface area (Å²) in [5.41, 5.74) is 0.980. The molecule has 0 unspecified atom stereocenters. The van der Waals surface area contributed by atoms with Gasteiger partial charge in [0.2, 0.25) is 0 Å². The van der Waals surface area contributed by atoms with E-state index in [1.54, 1.807) is 18.2 Å². The molecule has 1 aliphatic heterocycles. The van der Waals surface area contributed by atoms with E-state index >= 15 is 0 Å². The Labute approximate surface area is 131 Å². The smallest absolute Gasteiger partial charge is 0.165 e. The summed E-state index contributed by atoms with van der Waals surface area (Å²) in [6, 6.07) is 5.22. The van der Waals surface area contributed by atoms with Crippen LogP contribution in [0.5, 0.6) is 0 Å². The normalized spacial score (nSPS) is 19.0. The van der Waals surface area contributed by atoms with Gasteiger partial charge in [0.15, 0.2) is 5.78 Å². The maximum absolute atomic E-state index is 12.2. The quantitative estimate of drug-likeness (QED) is 0.752. The molecule has 1 aromatic carbocycles. The number of carbonyl (C=O) groups excluding carboxylic acids is 1. The highest BCUT2D eigenvalue weighted by atomic mass is 35.5. The molecule has 1 aromatic rings. The minimum atomic E-state index is 0.0716. The van der Waals surface area contributed by atoms with E-state index in [0.29, 0.717) is 27.4 Å². The molecule has 4 heteroatoms. The molecular formula is C16H21Cl2NO. The number of nitrogens with zero attached hydrogens (tertiary/aromatic N) is 1. The van der Waals surface area contributed by atoms with Crippen molar-refractivity contribution in [1.29, 1.82) is 0 Å². The largest absolute Gasteiger partial charge is 0.303 e. The summed E-state index contributed by atoms with van der Waals surface area (Å²) < 4.78 is 0. The first-order valence-corrected chi connectivity index (χ1v) is 7.84. The second-order valence-electron chi connectivity index (χ2n) is 6.28. The predicted octanol–water partition coefficient (Wildman–Crippen LogP) is 4.69. The summed E-state index contributed by atoms with van der Waals surface area (Å²) in [5, 5.41) is 0.816. The topological polar surface area (TPSA) is 20.3 Å². The summed E-state index contributed by atoms with van der Waals surface area (Å²) >= 11 is 12.0. The maximum Gasteiger partial charge on any atom is 0.165 e. The number of piperidine rings is 1. The number of hydrogen-bond acceptors (Lipinski definition) is 2. The van der Waals surface area contributed by atoms with Gasteiger partial charge in [-0.05, 0) is 43.5 Å². The number of ketones is 1. The minimum Gasteiger partial charge on any atom is -0.303 e. The van der Waals surface area contributed by atoms with Crippen LogP contribution in [0.1, 0.15) is 43.5 Å². The van der Waals surface area contributed by atoms with Crippen LogP contribution in [0.15, 0.2) is 18.2 Å². The van der Waals surface area contributed by atoms with Crippen LogP contribution in [0.4, 0.5) is 0 Å². The third kappa shape index (κ3) is 3.97. The third-order valence-electron chi connectivity index (χ3n) is 4.12. The lowest BCUT2D eigenvalue weighted by atomic mass is 9.82. The van der Waals surface area contributed by atoms with E-state index in [1.165, 1.54) is 12.8 Å². The number of likely N-dealkylation sites (tertiary alicyclic amines) is 1. The van der Waals surface area contributed by atoms with Gasteiger partial charge < -0.3 is 4.90 Å². The first kappa shape index (κ1) is 15.8. The molecule has 0 aliphatic carbocycles. The Balaban J connectivity index is 1.88. The zero-order valence-corrected chi connectivity index (χ0v) is 13.6. The predicted molar refractivity (Wildman–Crippen MR) is 84.9 cm³/mol. The van der Waals surface area contributed by atoms with Crippen LogP contribution < -0.4 is 0 Å². The summed E-state index contributed by atoms with van der Waals surface area (Å²) in [5.74, 6) is 0.0716. The maximum atomic E-state index is 12.2. The molecule has 2 rings (SSSR count). The number of halogens is 2. The zero-order valence-electron chi connectivity index (χ0n) is 12.1. The van der Waals surface area contributed by atoms with Gasteiger partial charge in [-0.25, -0.2) is 0 Å². The summed E-state index contributed by atoms with van der Waals surface area (Å²) in [7, 11) is 0. The van der Waals surface area contributed by atoms with Gasteiger partial charge in [0.25, 0.3) is 0 Å². The summed E-state index contributed by atoms with van der Waals surface area (Å²) in [4.78, 5) is 14.6. The average molecular weight is 314 g/mol. The summed E-state index contributed by atoms with van der Waals surface area (Å²) in [6.07, 6.45) is 2.89. The lowest BCUT2D eigenvalue weighted by Gasteiger charge is -2.36. The van der Waals surface area contributed by atoms with Gasteiger partial charge in [-0.3, -0.25) is 4.79 Å². The van der Waals surface area contributed by atoms with Crippen molar-refractivity contribution in [3.8, 4) is 0 Å². The van der Waals surface area contributed by atoms with Crippen molar-refractivity contribution >= 4 is 29.0 Å². The molecule has 110 valence electrons. The fourth-order valence-corrected chi connectivity index (χ4v) is 2.90. The van der Waals surface area contributed by atoms with Crippen LogP contribution in [-0.4, -0.2) is 30.3 Å². The van der Waals surface area contributed by atoms with E-state index in [2.05, 4.69) is 18.7 Å². The van der Waals surface area contributed by atoms with Crippen molar-refractivity contribution in [2.75, 3.05) is 19.6 Å². The molecule has 1 aliphatic rings. The number of carbonyl (C=O) groups is 1. The monoisotopic (exact) mass is 313 g/mol. The molecule has 1 heterocycles. The van der Waals surface area contributed by atoms with Crippen molar-refractivity contribution in [2.24, 2.45) is 5.41 Å². The van der Waals surface area contributed by atoms with Crippen LogP contribution in [0.2, 0.25) is 10.0 Å². The van der Waals surface area contributed by atoms with Gasteiger partial charge in [0.05, 0.1) is 10.0 Å². The fraction of sp³-hybridized carbons (Fsp3) is 0.562. The molecule has 2 nitrogen and oxygen atoms in total. The zero-order chi connectivity index (χ0) is 14.8. The van der Waals surface area contributed by atoms with Crippen LogP contribution >= 0.6 is 23.2 Å². The van der Waals surface area contributed by atoms with Crippen LogP contribution in [0.3, 0.4) is 0 Å². The SMILES string of the molecule is CC1(C)CCN(CCC(=O)c2cccc(Cl)c2Cl)CC1. The van der Waals surface area contributed by atoms with E-state index in [4.69, 9.17) is 23.2 Å². The molecule has 20 heavy (non-hydrogen) atoms. The van der Waals surface area contributed by atoms with Crippen LogP contribution in [0.25, 0.3) is 0 Å². The Morgan fingerprint density at radius 3 is 2.55 bits per heavy atom. The number of benzene rings is 1. The van der Waals surface area contributed by atoms with E-state index in [9.17, 15) is 4.79 Å². The standard InChI is InChI=1S/C16H21Cl2NO/c1-16(2)7-10-19(11-8-16)9-6-14(20)12-4-3-5-13(17)15(12)18/h3-5H,6-11H2,1-2H3. The average Bonchev–Trinajstić information content (AvgIpc) is 2.40. The van der Waals surface area contributed by atoms with E-state index in [0.717, 1.165) is 19.6 Å². The van der Waals surface area contributed by atoms with Crippen LogP contribution in [0, 0.1) is 5.41 Å². The van der Waals surface area contributed by atoms with Gasteiger partial charge >= 0.3 is 0 Å². The van der Waals surface area contributed by atoms with Gasteiger partial charge in [-0.1, -0.05) is 43.1 Å². The molecule has 0 saturated carbocycles. The molecule has 0 N–H and O–H groups in total. The molecule has 0 spiro atoms. The number of Topliss-reactive ketones (excluding diaryl/α,β-unsaturated/α-hetero) is 1. The Kier molecular flexibility index (Phi) is 5.11. The molecule has 1 saturated heterocycles. The molecule has 0 aromatic heterocycles. The van der Waals surface area contributed by atoms with Crippen molar-refractivity contribution in [1.82, 2.24) is 4.90 Å². The lowest BCUT2D eigenvalue weighted by Crippen LogP contribution is -2.38. The third-order valence-corrected chi connectivity index (χ3v) is 4.94. The summed E-state index contributed by atoms with van der Waals surface area (Å²) in [6.45, 7) is 7.56. The van der Waals surface area contributed by atoms with Crippen LogP contribution in [-0.2, 0) is 0 Å². The van der Waals surface area contributed by atoms with Gasteiger partial charge in [-0.2, -0.15) is 0 Å². The Bertz CT molecular complexity index is 489. The fourth-order valence-electron chi connectivity index (χ4n) is 2.50. The number of hydrogen-bond donors (Lipinski definition) is 0. The molecule has 1 fully saturated rings. The van der Waals surface area contributed by atoms with Crippen molar-refractivity contribution in [3.63, 3.8) is 0 Å². The highest BCUT2D eigenvalue weighted by Gasteiger charge is 2.25. The first-order chi connectivity index (χ1) is 9.39. The molecule has 0 atom stereocenters. The van der Waals surface area contributed by atoms with Gasteiger partial charge in [0, 0.05) is 18.5 Å². The Morgan fingerprint density at radius 2 is 1.90 bits per heavy atom. The van der Waals surface area contributed by atoms with Gasteiger partial charge in [0.1, 0.15) is 0 Å². The van der Waals surface area contributed by atoms with E-state index in [1.807, 2.05) is 0 Å². The molecular weight excluding hydrogens is 293 g/mol. The van der Waals surface area contributed by atoms with Crippen molar-refractivity contribution in [2.45, 2.75) is 33.1 Å². The van der Waals surface area contributed by atoms with Crippen molar-refractivity contribution in [3.05, 3.63) is 33.8 Å². The van der Waals surface area contributed by atoms with E-state index in [-0.39, 0.29) is 5.78 Å². The lowest BCUT2D eigenvalue weighted by molar-refractivity contribution is 0.0927.